The summed E-state index contributed by atoms with van der Waals surface area (Å²) < 4.78 is 175. The van der Waals surface area contributed by atoms with Crippen LogP contribution < -0.4 is 20.7 Å². The summed E-state index contributed by atoms with van der Waals surface area (Å²) in [5.41, 5.74) is 0.530. The molecule has 1 aromatic heterocycles. The molecule has 0 bridgehead atoms. The third-order valence-corrected chi connectivity index (χ3v) is 13.5. The fourth-order valence-electron chi connectivity index (χ4n) is 5.78. The molecule has 0 spiro atoms. The van der Waals surface area contributed by atoms with Crippen LogP contribution >= 0.6 is 12.0 Å². The molecule has 0 aliphatic rings. The van der Waals surface area contributed by atoms with E-state index < -0.39 is 76.8 Å². The number of aromatic nitrogens is 3. The molecule has 0 saturated heterocycles. The summed E-state index contributed by atoms with van der Waals surface area (Å²) in [7, 11) is -23.5. The van der Waals surface area contributed by atoms with E-state index >= 15 is 0 Å². The Morgan fingerprint density at radius 1 is 0.577 bits per heavy atom. The van der Waals surface area contributed by atoms with Crippen molar-refractivity contribution < 1.29 is 84.2 Å². The van der Waals surface area contributed by atoms with Crippen molar-refractivity contribution >= 4 is 125 Å². The van der Waals surface area contributed by atoms with Gasteiger partial charge >= 0.3 is 0 Å². The Hall–Kier alpha value is -6.45. The van der Waals surface area contributed by atoms with Crippen LogP contribution in [0.25, 0.3) is 10.8 Å². The van der Waals surface area contributed by atoms with Gasteiger partial charge in [-0.2, -0.15) is 72.4 Å². The number of fused-ring (bicyclic) bond motifs is 1. The van der Waals surface area contributed by atoms with Crippen molar-refractivity contribution in [2.75, 3.05) is 40.6 Å². The summed E-state index contributed by atoms with van der Waals surface area (Å²) in [5, 5.41) is 36.4. The highest BCUT2D eigenvalue weighted by Crippen LogP contribution is 2.36. The lowest BCUT2D eigenvalue weighted by Crippen LogP contribution is -2.17. The third kappa shape index (κ3) is 16.3. The van der Waals surface area contributed by atoms with Gasteiger partial charge in [0.25, 0.3) is 50.6 Å². The van der Waals surface area contributed by atoms with Crippen LogP contribution in [-0.4, -0.2) is 110 Å². The quantitative estimate of drug-likeness (QED) is 0.00828. The smallest absolute Gasteiger partial charge is 0.296 e. The maximum atomic E-state index is 12.1. The zero-order chi connectivity index (χ0) is 51.8. The first-order valence-corrected chi connectivity index (χ1v) is 27.4. The van der Waals surface area contributed by atoms with Gasteiger partial charge in [0.1, 0.15) is 21.2 Å². The Morgan fingerprint density at radius 2 is 1.18 bits per heavy atom. The second-order valence-corrected chi connectivity index (χ2v) is 22.1. The molecule has 0 unspecified atom stereocenters. The molecule has 71 heavy (non-hydrogen) atoms. The number of ether oxygens (including phenoxy) is 1. The number of azo groups is 2. The van der Waals surface area contributed by atoms with Gasteiger partial charge in [0, 0.05) is 28.6 Å². The fraction of sp³-hybridized carbons (Fsp3) is 0.139. The Kier molecular flexibility index (Phi) is 16.9. The van der Waals surface area contributed by atoms with Crippen molar-refractivity contribution in [2.45, 2.75) is 26.0 Å². The van der Waals surface area contributed by atoms with Crippen molar-refractivity contribution in [1.82, 2.24) is 15.0 Å². The number of hydrogen-bond acceptors (Lipinski definition) is 25. The van der Waals surface area contributed by atoms with Crippen molar-refractivity contribution in [2.24, 2.45) is 20.5 Å². The lowest BCUT2D eigenvalue weighted by atomic mass is 10.1. The molecule has 6 aromatic rings. The van der Waals surface area contributed by atoms with E-state index in [1.807, 2.05) is 0 Å². The normalized spacial score (nSPS) is 12.7. The highest BCUT2D eigenvalue weighted by molar-refractivity contribution is 7.94. The second kappa shape index (κ2) is 22.3. The zero-order valence-electron chi connectivity index (χ0n) is 35.3. The molecule has 0 atom stereocenters. The van der Waals surface area contributed by atoms with E-state index in [4.69, 9.17) is 9.99 Å². The van der Waals surface area contributed by atoms with Gasteiger partial charge < -0.3 is 20.7 Å². The third-order valence-electron chi connectivity index (χ3n) is 8.79. The Morgan fingerprint density at radius 3 is 1.83 bits per heavy atom. The number of nitrogens with zero attached hydrogens (tertiary/aromatic N) is 7. The molecule has 6 rings (SSSR count). The highest BCUT2D eigenvalue weighted by Gasteiger charge is 2.22. The van der Waals surface area contributed by atoms with E-state index in [0.29, 0.717) is 23.8 Å². The SMILES string of the molecule is O=S(=O)(O)CCCOc1cc(N=Nc2ccc(SOOO)cc2S(=O)(=O)O)ccc1Nc1nc(NCCS(=O)(=O)O)nc(Nc2ccc(N=Nc3ccc4c(S(=O)(=O)O)cc(S(=O)(=O)O)cc4c3)cc2)n1. The fourth-order valence-corrected chi connectivity index (χ4v) is 9.10. The Bertz CT molecular complexity index is 3610. The van der Waals surface area contributed by atoms with E-state index in [1.165, 1.54) is 66.7 Å². The molecule has 5 aromatic carbocycles. The molecular formula is C36H34N10O19S6. The standard InChI is InChI=1S/C36H34N10O19S6/c47-64-65-66-26-8-11-30(33(19-26)71(60,61)62)46-45-25-7-10-29(31(18-25)63-13-1-14-67(48,49)50)39-36-41-34(37-12-15-68(51,52)53)40-35(42-36)38-22-2-4-23(5-3-22)43-44-24-6-9-28-21(16-24)17-27(69(54,55)56)20-32(28)70(57,58)59/h2-11,16-20,47H,1,12-15H2,(H,48,49,50)(H,51,52,53)(H,54,55,56)(H,57,58,59)(H,60,61,62)(H3,37,38,39,40,41,42). The van der Waals surface area contributed by atoms with Gasteiger partial charge in [-0.05, 0) is 90.7 Å². The van der Waals surface area contributed by atoms with Crippen molar-refractivity contribution in [3.05, 3.63) is 91.0 Å². The van der Waals surface area contributed by atoms with Crippen LogP contribution in [-0.2, 0) is 60.0 Å². The maximum absolute atomic E-state index is 12.1. The molecule has 0 amide bonds. The molecule has 0 aliphatic carbocycles. The van der Waals surface area contributed by atoms with Crippen LogP contribution in [0.1, 0.15) is 6.42 Å². The molecule has 9 N–H and O–H groups in total. The van der Waals surface area contributed by atoms with Crippen LogP contribution in [0.2, 0.25) is 0 Å². The average Bonchev–Trinajstić information content (AvgIpc) is 3.27. The van der Waals surface area contributed by atoms with Crippen molar-refractivity contribution in [1.29, 1.82) is 0 Å². The predicted molar refractivity (Wildman–Crippen MR) is 250 cm³/mol. The average molecular weight is 1100 g/mol. The molecule has 29 nitrogen and oxygen atoms in total. The minimum absolute atomic E-state index is 0.0126. The van der Waals surface area contributed by atoms with Gasteiger partial charge in [0.05, 0.1) is 57.8 Å². The first-order chi connectivity index (χ1) is 33.2. The number of anilines is 5. The van der Waals surface area contributed by atoms with Crippen LogP contribution in [0.3, 0.4) is 0 Å². The number of hydrogen-bond donors (Lipinski definition) is 9. The van der Waals surface area contributed by atoms with Crippen LogP contribution in [0.4, 0.5) is 52.0 Å². The molecule has 0 aliphatic heterocycles. The van der Waals surface area contributed by atoms with Gasteiger partial charge in [-0.15, -0.1) is 9.45 Å². The highest BCUT2D eigenvalue weighted by atomic mass is 32.2. The summed E-state index contributed by atoms with van der Waals surface area (Å²) >= 11 is 0.406. The van der Waals surface area contributed by atoms with Gasteiger partial charge in [-0.25, -0.2) is 5.26 Å². The van der Waals surface area contributed by atoms with Gasteiger partial charge in [0.15, 0.2) is 0 Å². The Balaban J connectivity index is 1.27. The zero-order valence-corrected chi connectivity index (χ0v) is 40.2. The lowest BCUT2D eigenvalue weighted by Gasteiger charge is -2.15. The first-order valence-electron chi connectivity index (χ1n) is 19.2. The monoisotopic (exact) mass is 1100 g/mol. The second-order valence-electron chi connectivity index (χ2n) is 14.0. The summed E-state index contributed by atoms with van der Waals surface area (Å²) in [6.45, 7) is -0.656. The molecule has 1 heterocycles. The summed E-state index contributed by atoms with van der Waals surface area (Å²) in [6, 6.07) is 18.9. The van der Waals surface area contributed by atoms with Crippen LogP contribution in [0, 0.1) is 0 Å². The molecule has 35 heteroatoms. The molecule has 0 saturated carbocycles. The van der Waals surface area contributed by atoms with E-state index in [-0.39, 0.29) is 87.3 Å². The lowest BCUT2D eigenvalue weighted by molar-refractivity contribution is -0.432. The predicted octanol–water partition coefficient (Wildman–Crippen LogP) is 6.47. The summed E-state index contributed by atoms with van der Waals surface area (Å²) in [6.07, 6.45) is -0.191. The molecule has 0 radical (unpaired) electrons. The van der Waals surface area contributed by atoms with E-state index in [1.54, 1.807) is 0 Å². The summed E-state index contributed by atoms with van der Waals surface area (Å²) in [5.74, 6) is -2.03. The molecule has 0 fully saturated rings. The van der Waals surface area contributed by atoms with Crippen molar-refractivity contribution in [3.63, 3.8) is 0 Å². The van der Waals surface area contributed by atoms with Gasteiger partial charge in [-0.1, -0.05) is 11.1 Å². The minimum Gasteiger partial charge on any atom is -0.491 e. The number of rotatable bonds is 23. The van der Waals surface area contributed by atoms with Crippen molar-refractivity contribution in [3.8, 4) is 5.75 Å². The number of nitrogens with one attached hydrogen (secondary N) is 3. The van der Waals surface area contributed by atoms with Crippen LogP contribution in [0.5, 0.6) is 5.75 Å². The van der Waals surface area contributed by atoms with Crippen LogP contribution in [0.15, 0.2) is 131 Å². The minimum atomic E-state index is -4.91. The van der Waals surface area contributed by atoms with E-state index in [2.05, 4.69) is 60.7 Å². The van der Waals surface area contributed by atoms with Gasteiger partial charge in [0.2, 0.25) is 17.8 Å². The Labute approximate surface area is 406 Å². The summed E-state index contributed by atoms with van der Waals surface area (Å²) in [4.78, 5) is 10.7. The molecule has 378 valence electrons. The first kappa shape index (κ1) is 53.9. The number of benzene rings is 5. The van der Waals surface area contributed by atoms with Gasteiger partial charge in [-0.3, -0.25) is 22.8 Å². The largest absolute Gasteiger partial charge is 0.491 e. The van der Waals surface area contributed by atoms with E-state index in [0.717, 1.165) is 18.2 Å². The molecular weight excluding hydrogens is 1070 g/mol. The van der Waals surface area contributed by atoms with E-state index in [9.17, 15) is 64.9 Å². The maximum Gasteiger partial charge on any atom is 0.296 e. The topological polar surface area (TPSA) is 444 Å².